The van der Waals surface area contributed by atoms with Crippen molar-refractivity contribution in [2.24, 2.45) is 0 Å². The van der Waals surface area contributed by atoms with E-state index in [9.17, 15) is 4.79 Å². The van der Waals surface area contributed by atoms with E-state index in [2.05, 4.69) is 9.97 Å². The van der Waals surface area contributed by atoms with Crippen molar-refractivity contribution in [3.05, 3.63) is 17.8 Å². The molecule has 0 aliphatic carbocycles. The van der Waals surface area contributed by atoms with Crippen molar-refractivity contribution in [3.8, 4) is 11.9 Å². The van der Waals surface area contributed by atoms with E-state index >= 15 is 0 Å². The molecule has 86 valence electrons. The molecule has 1 N–H and O–H groups in total. The molecule has 1 heterocycles. The Bertz CT molecular complexity index is 404. The number of methoxy groups -OCH3 is 2. The number of carboxylic acid groups (broad SMARTS) is 1. The number of rotatable bonds is 5. The summed E-state index contributed by atoms with van der Waals surface area (Å²) in [6.07, 6.45) is 4.53. The third-order valence-electron chi connectivity index (χ3n) is 1.72. The maximum Gasteiger partial charge on any atom is 0.319 e. The van der Waals surface area contributed by atoms with E-state index < -0.39 is 5.97 Å². The topological polar surface area (TPSA) is 81.5 Å². The van der Waals surface area contributed by atoms with Gasteiger partial charge in [0.1, 0.15) is 0 Å². The second-order valence-electron chi connectivity index (χ2n) is 2.82. The Morgan fingerprint density at radius 1 is 1.50 bits per heavy atom. The first-order valence-electron chi connectivity index (χ1n) is 4.50. The molecule has 0 unspecified atom stereocenters. The third kappa shape index (κ3) is 3.23. The summed E-state index contributed by atoms with van der Waals surface area (Å²) in [5.41, 5.74) is 0.601. The summed E-state index contributed by atoms with van der Waals surface area (Å²) < 4.78 is 9.85. The second-order valence-corrected chi connectivity index (χ2v) is 2.82. The maximum absolute atomic E-state index is 10.3. The lowest BCUT2D eigenvalue weighted by molar-refractivity contribution is -0.135. The summed E-state index contributed by atoms with van der Waals surface area (Å²) in [6.45, 7) is 0. The van der Waals surface area contributed by atoms with Crippen LogP contribution in [0.1, 0.15) is 12.0 Å². The molecule has 0 atom stereocenters. The molecule has 1 aromatic rings. The fraction of sp³-hybridized carbons (Fsp3) is 0.300. The lowest BCUT2D eigenvalue weighted by atomic mass is 10.2. The van der Waals surface area contributed by atoms with Crippen LogP contribution in [0.5, 0.6) is 11.9 Å². The van der Waals surface area contributed by atoms with Crippen LogP contribution >= 0.6 is 0 Å². The molecule has 0 bridgehead atoms. The zero-order valence-electron chi connectivity index (χ0n) is 9.01. The van der Waals surface area contributed by atoms with E-state index in [1.54, 1.807) is 6.08 Å². The van der Waals surface area contributed by atoms with Crippen LogP contribution in [0.2, 0.25) is 0 Å². The number of hydrogen-bond acceptors (Lipinski definition) is 5. The predicted molar refractivity (Wildman–Crippen MR) is 56.4 cm³/mol. The fourth-order valence-corrected chi connectivity index (χ4v) is 1.02. The lowest BCUT2D eigenvalue weighted by Crippen LogP contribution is -1.97. The van der Waals surface area contributed by atoms with Gasteiger partial charge in [-0.3, -0.25) is 4.79 Å². The zero-order chi connectivity index (χ0) is 12.0. The Labute approximate surface area is 92.6 Å². The Kier molecular flexibility index (Phi) is 4.26. The highest BCUT2D eigenvalue weighted by Gasteiger charge is 2.04. The third-order valence-corrected chi connectivity index (χ3v) is 1.72. The molecule has 0 aliphatic heterocycles. The average molecular weight is 224 g/mol. The molecule has 0 spiro atoms. The van der Waals surface area contributed by atoms with Crippen molar-refractivity contribution in [1.29, 1.82) is 0 Å². The summed E-state index contributed by atoms with van der Waals surface area (Å²) in [6, 6.07) is 0.201. The van der Waals surface area contributed by atoms with E-state index in [1.807, 2.05) is 0 Å². The highest BCUT2D eigenvalue weighted by atomic mass is 16.5. The molecular formula is C10H12N2O4. The van der Waals surface area contributed by atoms with Crippen LogP contribution in [0.25, 0.3) is 6.08 Å². The molecule has 6 heteroatoms. The molecule has 6 nitrogen and oxygen atoms in total. The number of aromatic nitrogens is 2. The fourth-order valence-electron chi connectivity index (χ4n) is 1.02. The molecule has 16 heavy (non-hydrogen) atoms. The SMILES string of the molecule is COc1ncc(C=CCC(=O)O)c(OC)n1. The van der Waals surface area contributed by atoms with E-state index in [0.29, 0.717) is 11.4 Å². The molecule has 0 saturated heterocycles. The van der Waals surface area contributed by atoms with Crippen LogP contribution < -0.4 is 9.47 Å². The largest absolute Gasteiger partial charge is 0.481 e. The van der Waals surface area contributed by atoms with Gasteiger partial charge in [0.05, 0.1) is 26.2 Å². The number of hydrogen-bond donors (Lipinski definition) is 1. The van der Waals surface area contributed by atoms with E-state index in [1.165, 1.54) is 26.5 Å². The maximum atomic E-state index is 10.3. The van der Waals surface area contributed by atoms with Crippen LogP contribution in [-0.2, 0) is 4.79 Å². The van der Waals surface area contributed by atoms with Crippen LogP contribution in [0.15, 0.2) is 12.3 Å². The van der Waals surface area contributed by atoms with Crippen LogP contribution in [-0.4, -0.2) is 35.3 Å². The van der Waals surface area contributed by atoms with Crippen molar-refractivity contribution >= 4 is 12.0 Å². The van der Waals surface area contributed by atoms with Gasteiger partial charge in [0.2, 0.25) is 5.88 Å². The minimum absolute atomic E-state index is 0.0603. The number of nitrogens with zero attached hydrogens (tertiary/aromatic N) is 2. The molecule has 0 saturated carbocycles. The number of carboxylic acids is 1. The molecule has 0 fully saturated rings. The lowest BCUT2D eigenvalue weighted by Gasteiger charge is -2.04. The van der Waals surface area contributed by atoms with Gasteiger partial charge in [-0.2, -0.15) is 4.98 Å². The molecule has 0 amide bonds. The molecule has 1 rings (SSSR count). The first kappa shape index (κ1) is 12.0. The minimum Gasteiger partial charge on any atom is -0.481 e. The highest BCUT2D eigenvalue weighted by Crippen LogP contribution is 2.18. The summed E-state index contributed by atoms with van der Waals surface area (Å²) in [5, 5.41) is 8.47. The van der Waals surface area contributed by atoms with Gasteiger partial charge in [-0.1, -0.05) is 12.2 Å². The van der Waals surface area contributed by atoms with Crippen molar-refractivity contribution in [3.63, 3.8) is 0 Å². The monoisotopic (exact) mass is 224 g/mol. The van der Waals surface area contributed by atoms with Crippen LogP contribution in [0, 0.1) is 0 Å². The molecule has 1 aromatic heterocycles. The van der Waals surface area contributed by atoms with Gasteiger partial charge in [-0.05, 0) is 0 Å². The van der Waals surface area contributed by atoms with Gasteiger partial charge >= 0.3 is 12.0 Å². The zero-order valence-corrected chi connectivity index (χ0v) is 9.01. The molecular weight excluding hydrogens is 212 g/mol. The van der Waals surface area contributed by atoms with E-state index in [0.717, 1.165) is 0 Å². The summed E-state index contributed by atoms with van der Waals surface area (Å²) >= 11 is 0. The van der Waals surface area contributed by atoms with E-state index in [-0.39, 0.29) is 12.4 Å². The summed E-state index contributed by atoms with van der Waals surface area (Å²) in [5.74, 6) is -0.557. The second kappa shape index (κ2) is 5.69. The van der Waals surface area contributed by atoms with Crippen molar-refractivity contribution in [2.45, 2.75) is 6.42 Å². The van der Waals surface area contributed by atoms with Crippen molar-refractivity contribution < 1.29 is 19.4 Å². The molecule has 0 aromatic carbocycles. The van der Waals surface area contributed by atoms with Gasteiger partial charge in [0, 0.05) is 6.20 Å². The van der Waals surface area contributed by atoms with E-state index in [4.69, 9.17) is 14.6 Å². The van der Waals surface area contributed by atoms with Gasteiger partial charge in [0.25, 0.3) is 0 Å². The van der Waals surface area contributed by atoms with Gasteiger partial charge in [-0.15, -0.1) is 0 Å². The smallest absolute Gasteiger partial charge is 0.319 e. The number of carbonyl (C=O) groups is 1. The van der Waals surface area contributed by atoms with Crippen LogP contribution in [0.4, 0.5) is 0 Å². The van der Waals surface area contributed by atoms with Gasteiger partial charge < -0.3 is 14.6 Å². The number of aliphatic carboxylic acids is 1. The Balaban J connectivity index is 2.87. The first-order valence-corrected chi connectivity index (χ1v) is 4.50. The normalized spacial score (nSPS) is 10.4. The van der Waals surface area contributed by atoms with Crippen LogP contribution in [0.3, 0.4) is 0 Å². The van der Waals surface area contributed by atoms with Crippen molar-refractivity contribution in [2.75, 3.05) is 14.2 Å². The molecule has 0 radical (unpaired) electrons. The quantitative estimate of drug-likeness (QED) is 0.802. The highest BCUT2D eigenvalue weighted by molar-refractivity contribution is 5.70. The first-order chi connectivity index (χ1) is 7.67. The Morgan fingerprint density at radius 2 is 2.25 bits per heavy atom. The predicted octanol–water partition coefficient (Wildman–Crippen LogP) is 0.982. The standard InChI is InChI=1S/C10H12N2O4/c1-15-9-7(4-3-5-8(13)14)6-11-10(12-9)16-2/h3-4,6H,5H2,1-2H3,(H,13,14). The number of ether oxygens (including phenoxy) is 2. The van der Waals surface area contributed by atoms with Gasteiger partial charge in [0.15, 0.2) is 0 Å². The summed E-state index contributed by atoms with van der Waals surface area (Å²) in [7, 11) is 2.92. The average Bonchev–Trinajstić information content (AvgIpc) is 2.29. The van der Waals surface area contributed by atoms with Gasteiger partial charge in [-0.25, -0.2) is 4.98 Å². The van der Waals surface area contributed by atoms with Crippen molar-refractivity contribution in [1.82, 2.24) is 9.97 Å². The Morgan fingerprint density at radius 3 is 2.81 bits per heavy atom. The Hall–Kier alpha value is -2.11. The summed E-state index contributed by atoms with van der Waals surface area (Å²) in [4.78, 5) is 18.2. The minimum atomic E-state index is -0.898. The molecule has 0 aliphatic rings.